The number of esters is 1. The Bertz CT molecular complexity index is 1110. The van der Waals surface area contributed by atoms with Crippen molar-refractivity contribution in [2.45, 2.75) is 33.7 Å². The molecule has 0 aliphatic carbocycles. The summed E-state index contributed by atoms with van der Waals surface area (Å²) < 4.78 is 11.0. The third-order valence-electron chi connectivity index (χ3n) is 5.37. The van der Waals surface area contributed by atoms with E-state index in [0.717, 1.165) is 0 Å². The molecule has 0 fully saturated rings. The lowest BCUT2D eigenvalue weighted by molar-refractivity contribution is -0.140. The first kappa shape index (κ1) is 26.1. The van der Waals surface area contributed by atoms with Crippen LogP contribution < -0.4 is 15.4 Å². The predicted octanol–water partition coefficient (Wildman–Crippen LogP) is 4.92. The Labute approximate surface area is 210 Å². The summed E-state index contributed by atoms with van der Waals surface area (Å²) in [5.41, 5.74) is 2.05. The molecular weight excluding hydrogens is 470 g/mol. The van der Waals surface area contributed by atoms with E-state index in [1.54, 1.807) is 55.5 Å². The van der Waals surface area contributed by atoms with Crippen molar-refractivity contribution in [1.82, 2.24) is 10.2 Å². The average molecular weight is 500 g/mol. The van der Waals surface area contributed by atoms with Gasteiger partial charge in [0.2, 0.25) is 0 Å². The van der Waals surface area contributed by atoms with Crippen LogP contribution in [0.25, 0.3) is 0 Å². The van der Waals surface area contributed by atoms with Crippen molar-refractivity contribution in [2.75, 3.05) is 25.1 Å². The van der Waals surface area contributed by atoms with E-state index in [4.69, 9.17) is 21.1 Å². The van der Waals surface area contributed by atoms with Crippen LogP contribution >= 0.6 is 11.6 Å². The van der Waals surface area contributed by atoms with Gasteiger partial charge in [-0.05, 0) is 61.7 Å². The van der Waals surface area contributed by atoms with Crippen LogP contribution in [0.1, 0.15) is 39.3 Å². The average Bonchev–Trinajstić information content (AvgIpc) is 2.82. The number of benzene rings is 2. The molecule has 0 aromatic heterocycles. The van der Waals surface area contributed by atoms with Crippen LogP contribution in [-0.2, 0) is 14.3 Å². The molecule has 35 heavy (non-hydrogen) atoms. The summed E-state index contributed by atoms with van der Waals surface area (Å²) >= 11 is 5.86. The Morgan fingerprint density at radius 1 is 1.17 bits per heavy atom. The zero-order chi connectivity index (χ0) is 25.5. The van der Waals surface area contributed by atoms with Gasteiger partial charge in [-0.15, -0.1) is 0 Å². The highest BCUT2D eigenvalue weighted by atomic mass is 35.5. The van der Waals surface area contributed by atoms with Crippen LogP contribution in [0.3, 0.4) is 0 Å². The molecule has 8 nitrogen and oxygen atoms in total. The Hall–Kier alpha value is -3.52. The molecule has 186 valence electrons. The van der Waals surface area contributed by atoms with Gasteiger partial charge in [0.05, 0.1) is 18.2 Å². The van der Waals surface area contributed by atoms with Gasteiger partial charge in [0.15, 0.2) is 6.61 Å². The topological polar surface area (TPSA) is 97.0 Å². The molecule has 1 aliphatic heterocycles. The summed E-state index contributed by atoms with van der Waals surface area (Å²) in [4.78, 5) is 39.6. The molecule has 1 aliphatic rings. The van der Waals surface area contributed by atoms with Crippen molar-refractivity contribution in [1.29, 1.82) is 0 Å². The summed E-state index contributed by atoms with van der Waals surface area (Å²) in [5, 5.41) is 6.25. The number of hydrogen-bond donors (Lipinski definition) is 2. The number of allylic oxidation sites excluding steroid dienone is 1. The Morgan fingerprint density at radius 2 is 1.89 bits per heavy atom. The van der Waals surface area contributed by atoms with E-state index in [1.165, 1.54) is 4.90 Å². The maximum absolute atomic E-state index is 13.0. The van der Waals surface area contributed by atoms with E-state index in [-0.39, 0.29) is 31.1 Å². The lowest BCUT2D eigenvalue weighted by Gasteiger charge is -2.35. The van der Waals surface area contributed by atoms with Gasteiger partial charge in [-0.2, -0.15) is 0 Å². The molecule has 1 atom stereocenters. The van der Waals surface area contributed by atoms with Crippen molar-refractivity contribution >= 4 is 35.2 Å². The van der Waals surface area contributed by atoms with Gasteiger partial charge in [0.25, 0.3) is 5.91 Å². The molecule has 0 saturated carbocycles. The van der Waals surface area contributed by atoms with Gasteiger partial charge in [0.1, 0.15) is 5.75 Å². The highest BCUT2D eigenvalue weighted by Gasteiger charge is 2.36. The second kappa shape index (κ2) is 11.8. The van der Waals surface area contributed by atoms with Gasteiger partial charge in [0, 0.05) is 23.0 Å². The van der Waals surface area contributed by atoms with Gasteiger partial charge >= 0.3 is 12.0 Å². The molecule has 2 aromatic rings. The Morgan fingerprint density at radius 3 is 2.54 bits per heavy atom. The van der Waals surface area contributed by atoms with Gasteiger partial charge in [-0.25, -0.2) is 9.59 Å². The molecule has 1 heterocycles. The first-order valence-corrected chi connectivity index (χ1v) is 11.8. The van der Waals surface area contributed by atoms with Crippen molar-refractivity contribution in [3.05, 3.63) is 70.4 Å². The number of nitrogens with zero attached hydrogens (tertiary/aromatic N) is 1. The van der Waals surface area contributed by atoms with Crippen molar-refractivity contribution < 1.29 is 23.9 Å². The highest BCUT2D eigenvalue weighted by molar-refractivity contribution is 6.30. The number of rotatable bonds is 9. The maximum atomic E-state index is 13.0. The molecule has 2 N–H and O–H groups in total. The minimum atomic E-state index is -0.716. The SMILES string of the molecule is CCN1C(=O)N[C@H](c2cccc(NC(=O)COc3ccc(Cl)cc3)c2)C(C(=O)OCC(C)C)=C1C. The van der Waals surface area contributed by atoms with Crippen LogP contribution in [-0.4, -0.2) is 42.6 Å². The number of ether oxygens (including phenoxy) is 2. The van der Waals surface area contributed by atoms with Crippen molar-refractivity contribution in [2.24, 2.45) is 5.92 Å². The number of urea groups is 1. The molecule has 2 aromatic carbocycles. The second-order valence-corrected chi connectivity index (χ2v) is 8.97. The van der Waals surface area contributed by atoms with Crippen LogP contribution in [0, 0.1) is 5.92 Å². The lowest BCUT2D eigenvalue weighted by Crippen LogP contribution is -2.48. The Kier molecular flexibility index (Phi) is 8.76. The minimum absolute atomic E-state index is 0.174. The summed E-state index contributed by atoms with van der Waals surface area (Å²) in [5.74, 6) is -0.142. The van der Waals surface area contributed by atoms with Crippen LogP contribution in [0.4, 0.5) is 10.5 Å². The predicted molar refractivity (Wildman–Crippen MR) is 134 cm³/mol. The molecule has 0 bridgehead atoms. The maximum Gasteiger partial charge on any atom is 0.338 e. The van der Waals surface area contributed by atoms with E-state index >= 15 is 0 Å². The van der Waals surface area contributed by atoms with Crippen LogP contribution in [0.15, 0.2) is 59.8 Å². The fourth-order valence-electron chi connectivity index (χ4n) is 3.67. The molecule has 0 saturated heterocycles. The van der Waals surface area contributed by atoms with Crippen molar-refractivity contribution in [3.63, 3.8) is 0 Å². The molecular formula is C26H30ClN3O5. The summed E-state index contributed by atoms with van der Waals surface area (Å²) in [6.07, 6.45) is 0. The first-order valence-electron chi connectivity index (χ1n) is 11.4. The van der Waals surface area contributed by atoms with E-state index in [2.05, 4.69) is 10.6 Å². The number of carbonyl (C=O) groups is 3. The number of anilines is 1. The van der Waals surface area contributed by atoms with E-state index in [0.29, 0.717) is 39.8 Å². The third-order valence-corrected chi connectivity index (χ3v) is 5.62. The third kappa shape index (κ3) is 6.76. The van der Waals surface area contributed by atoms with E-state index in [1.807, 2.05) is 20.8 Å². The molecule has 9 heteroatoms. The van der Waals surface area contributed by atoms with E-state index < -0.39 is 12.0 Å². The highest BCUT2D eigenvalue weighted by Crippen LogP contribution is 2.32. The van der Waals surface area contributed by atoms with Gasteiger partial charge in [-0.1, -0.05) is 37.6 Å². The molecule has 3 amide bonds. The zero-order valence-corrected chi connectivity index (χ0v) is 21.0. The molecule has 0 unspecified atom stereocenters. The fraction of sp³-hybridized carbons (Fsp3) is 0.346. The fourth-order valence-corrected chi connectivity index (χ4v) is 3.80. The quantitative estimate of drug-likeness (QED) is 0.477. The largest absolute Gasteiger partial charge is 0.484 e. The normalized spacial score (nSPS) is 15.7. The first-order chi connectivity index (χ1) is 16.7. The monoisotopic (exact) mass is 499 g/mol. The standard InChI is InChI=1S/C26H30ClN3O5/c1-5-30-17(4)23(25(32)35-14-16(2)3)24(29-26(30)33)18-7-6-8-20(13-18)28-22(31)15-34-21-11-9-19(27)10-12-21/h6-13,16,24H,5,14-15H2,1-4H3,(H,28,31)(H,29,33)/t24-/m1/s1. The summed E-state index contributed by atoms with van der Waals surface area (Å²) in [7, 11) is 0. The molecule has 3 rings (SSSR count). The molecule has 0 radical (unpaired) electrons. The number of nitrogens with one attached hydrogen (secondary N) is 2. The summed E-state index contributed by atoms with van der Waals surface area (Å²) in [6, 6.07) is 12.7. The van der Waals surface area contributed by atoms with Gasteiger partial charge < -0.3 is 20.1 Å². The zero-order valence-electron chi connectivity index (χ0n) is 20.3. The van der Waals surface area contributed by atoms with Gasteiger partial charge in [-0.3, -0.25) is 9.69 Å². The number of carbonyl (C=O) groups excluding carboxylic acids is 3. The Balaban J connectivity index is 1.78. The van der Waals surface area contributed by atoms with Crippen LogP contribution in [0.5, 0.6) is 5.75 Å². The second-order valence-electron chi connectivity index (χ2n) is 8.53. The minimum Gasteiger partial charge on any atom is -0.484 e. The van der Waals surface area contributed by atoms with E-state index in [9.17, 15) is 14.4 Å². The lowest BCUT2D eigenvalue weighted by atomic mass is 9.94. The summed E-state index contributed by atoms with van der Waals surface area (Å²) in [6.45, 7) is 7.97. The number of halogens is 1. The van der Waals surface area contributed by atoms with Crippen LogP contribution in [0.2, 0.25) is 5.02 Å². The van der Waals surface area contributed by atoms with Crippen molar-refractivity contribution in [3.8, 4) is 5.75 Å². The number of hydrogen-bond acceptors (Lipinski definition) is 5. The number of amides is 3. The molecule has 0 spiro atoms. The smallest absolute Gasteiger partial charge is 0.338 e.